The SMILES string of the molecule is CCCNC(=O)CSc1nncn1C(C)C. The Balaban J connectivity index is 2.42. The van der Waals surface area contributed by atoms with Crippen LogP contribution in [0.5, 0.6) is 0 Å². The molecule has 1 rings (SSSR count). The minimum atomic E-state index is 0.0464. The molecular formula is C10H18N4OS. The van der Waals surface area contributed by atoms with Crippen molar-refractivity contribution in [1.82, 2.24) is 20.1 Å². The van der Waals surface area contributed by atoms with E-state index in [4.69, 9.17) is 0 Å². The van der Waals surface area contributed by atoms with Crippen LogP contribution < -0.4 is 5.32 Å². The van der Waals surface area contributed by atoms with Gasteiger partial charge < -0.3 is 9.88 Å². The maximum atomic E-state index is 11.4. The third-order valence-electron chi connectivity index (χ3n) is 2.00. The van der Waals surface area contributed by atoms with E-state index in [9.17, 15) is 4.79 Å². The highest BCUT2D eigenvalue weighted by atomic mass is 32.2. The van der Waals surface area contributed by atoms with Gasteiger partial charge in [-0.2, -0.15) is 0 Å². The van der Waals surface area contributed by atoms with Crippen LogP contribution in [0.3, 0.4) is 0 Å². The molecule has 0 saturated heterocycles. The first kappa shape index (κ1) is 13.0. The highest BCUT2D eigenvalue weighted by molar-refractivity contribution is 7.99. The largest absolute Gasteiger partial charge is 0.355 e. The molecule has 6 heteroatoms. The van der Waals surface area contributed by atoms with E-state index in [0.29, 0.717) is 11.8 Å². The Hall–Kier alpha value is -1.04. The fourth-order valence-electron chi connectivity index (χ4n) is 1.14. The van der Waals surface area contributed by atoms with Crippen LogP contribution in [0.1, 0.15) is 33.2 Å². The Bertz CT molecular complexity index is 337. The van der Waals surface area contributed by atoms with Crippen molar-refractivity contribution in [3.63, 3.8) is 0 Å². The molecule has 1 heterocycles. The molecule has 90 valence electrons. The molecule has 16 heavy (non-hydrogen) atoms. The quantitative estimate of drug-likeness (QED) is 0.768. The molecule has 0 unspecified atom stereocenters. The van der Waals surface area contributed by atoms with Gasteiger partial charge in [0.1, 0.15) is 6.33 Å². The van der Waals surface area contributed by atoms with Gasteiger partial charge in [0.05, 0.1) is 5.75 Å². The molecule has 0 fully saturated rings. The fourth-order valence-corrected chi connectivity index (χ4v) is 2.01. The van der Waals surface area contributed by atoms with Crippen molar-refractivity contribution in [2.45, 2.75) is 38.4 Å². The molecule has 0 radical (unpaired) electrons. The first-order valence-electron chi connectivity index (χ1n) is 5.44. The van der Waals surface area contributed by atoms with E-state index in [1.54, 1.807) is 6.33 Å². The number of aromatic nitrogens is 3. The van der Waals surface area contributed by atoms with E-state index < -0.39 is 0 Å². The molecule has 1 amide bonds. The Kier molecular flexibility index (Phi) is 5.31. The summed E-state index contributed by atoms with van der Waals surface area (Å²) in [4.78, 5) is 11.4. The monoisotopic (exact) mass is 242 g/mol. The number of carbonyl (C=O) groups excluding carboxylic acids is 1. The van der Waals surface area contributed by atoms with Crippen LogP contribution in [0.4, 0.5) is 0 Å². The Morgan fingerprint density at radius 3 is 3.00 bits per heavy atom. The molecule has 0 aliphatic rings. The standard InChI is InChI=1S/C10H18N4OS/c1-4-5-11-9(15)6-16-10-13-12-7-14(10)8(2)3/h7-8H,4-6H2,1-3H3,(H,11,15). The van der Waals surface area contributed by atoms with Gasteiger partial charge in [-0.3, -0.25) is 4.79 Å². The maximum absolute atomic E-state index is 11.4. The van der Waals surface area contributed by atoms with Crippen molar-refractivity contribution >= 4 is 17.7 Å². The number of rotatable bonds is 6. The molecule has 5 nitrogen and oxygen atoms in total. The number of hydrogen-bond acceptors (Lipinski definition) is 4. The van der Waals surface area contributed by atoms with Crippen LogP contribution in [-0.4, -0.2) is 33.0 Å². The van der Waals surface area contributed by atoms with Crippen LogP contribution >= 0.6 is 11.8 Å². The zero-order valence-electron chi connectivity index (χ0n) is 9.93. The number of nitrogens with zero attached hydrogens (tertiary/aromatic N) is 3. The molecule has 0 atom stereocenters. The smallest absolute Gasteiger partial charge is 0.230 e. The predicted octanol–water partition coefficient (Wildman–Crippen LogP) is 1.48. The van der Waals surface area contributed by atoms with Crippen molar-refractivity contribution < 1.29 is 4.79 Å². The van der Waals surface area contributed by atoms with Crippen molar-refractivity contribution in [2.24, 2.45) is 0 Å². The van der Waals surface area contributed by atoms with Gasteiger partial charge in [0.15, 0.2) is 5.16 Å². The summed E-state index contributed by atoms with van der Waals surface area (Å²) in [6.07, 6.45) is 2.65. The lowest BCUT2D eigenvalue weighted by molar-refractivity contribution is -0.118. The number of amides is 1. The average molecular weight is 242 g/mol. The third-order valence-corrected chi connectivity index (χ3v) is 2.96. The molecule has 1 N–H and O–H groups in total. The molecule has 0 bridgehead atoms. The molecular weight excluding hydrogens is 224 g/mol. The van der Waals surface area contributed by atoms with Crippen LogP contribution in [0.2, 0.25) is 0 Å². The second kappa shape index (κ2) is 6.52. The van der Waals surface area contributed by atoms with E-state index in [-0.39, 0.29) is 5.91 Å². The second-order valence-electron chi connectivity index (χ2n) is 3.75. The minimum absolute atomic E-state index is 0.0464. The van der Waals surface area contributed by atoms with Gasteiger partial charge in [-0.15, -0.1) is 10.2 Å². The van der Waals surface area contributed by atoms with E-state index in [2.05, 4.69) is 29.4 Å². The predicted molar refractivity (Wildman–Crippen MR) is 64.4 cm³/mol. The highest BCUT2D eigenvalue weighted by Crippen LogP contribution is 2.18. The Morgan fingerprint density at radius 2 is 2.38 bits per heavy atom. The normalized spacial score (nSPS) is 10.8. The highest BCUT2D eigenvalue weighted by Gasteiger charge is 2.09. The van der Waals surface area contributed by atoms with Crippen molar-refractivity contribution in [3.05, 3.63) is 6.33 Å². The van der Waals surface area contributed by atoms with Crippen molar-refractivity contribution in [3.8, 4) is 0 Å². The van der Waals surface area contributed by atoms with Gasteiger partial charge >= 0.3 is 0 Å². The topological polar surface area (TPSA) is 59.8 Å². The summed E-state index contributed by atoms with van der Waals surface area (Å²) >= 11 is 1.42. The summed E-state index contributed by atoms with van der Waals surface area (Å²) in [5.41, 5.74) is 0. The molecule has 0 aliphatic carbocycles. The van der Waals surface area contributed by atoms with Gasteiger partial charge in [0.25, 0.3) is 0 Å². The first-order chi connectivity index (χ1) is 7.65. The van der Waals surface area contributed by atoms with Crippen LogP contribution in [0.25, 0.3) is 0 Å². The summed E-state index contributed by atoms with van der Waals surface area (Å²) in [5.74, 6) is 0.441. The lowest BCUT2D eigenvalue weighted by atomic mass is 10.4. The summed E-state index contributed by atoms with van der Waals surface area (Å²) < 4.78 is 1.96. The lowest BCUT2D eigenvalue weighted by Gasteiger charge is -2.09. The van der Waals surface area contributed by atoms with Crippen molar-refractivity contribution in [2.75, 3.05) is 12.3 Å². The fraction of sp³-hybridized carbons (Fsp3) is 0.700. The average Bonchev–Trinajstić information content (AvgIpc) is 2.71. The van der Waals surface area contributed by atoms with Gasteiger partial charge in [0, 0.05) is 12.6 Å². The van der Waals surface area contributed by atoms with Gasteiger partial charge in [-0.25, -0.2) is 0 Å². The van der Waals surface area contributed by atoms with Crippen molar-refractivity contribution in [1.29, 1.82) is 0 Å². The number of thioether (sulfide) groups is 1. The number of hydrogen-bond donors (Lipinski definition) is 1. The maximum Gasteiger partial charge on any atom is 0.230 e. The van der Waals surface area contributed by atoms with Crippen LogP contribution in [-0.2, 0) is 4.79 Å². The zero-order valence-corrected chi connectivity index (χ0v) is 10.8. The van der Waals surface area contributed by atoms with Gasteiger partial charge in [0.2, 0.25) is 5.91 Å². The molecule has 1 aromatic heterocycles. The molecule has 0 saturated carbocycles. The van der Waals surface area contributed by atoms with E-state index >= 15 is 0 Å². The first-order valence-corrected chi connectivity index (χ1v) is 6.42. The minimum Gasteiger partial charge on any atom is -0.355 e. The molecule has 1 aromatic rings. The molecule has 0 spiro atoms. The number of nitrogens with one attached hydrogen (secondary N) is 1. The molecule has 0 aromatic carbocycles. The summed E-state index contributed by atoms with van der Waals surface area (Å²) in [6.45, 7) is 6.88. The van der Waals surface area contributed by atoms with E-state index in [0.717, 1.165) is 18.1 Å². The van der Waals surface area contributed by atoms with Gasteiger partial charge in [-0.05, 0) is 20.3 Å². The second-order valence-corrected chi connectivity index (χ2v) is 4.70. The van der Waals surface area contributed by atoms with Gasteiger partial charge in [-0.1, -0.05) is 18.7 Å². The lowest BCUT2D eigenvalue weighted by Crippen LogP contribution is -2.25. The zero-order chi connectivity index (χ0) is 12.0. The van der Waals surface area contributed by atoms with E-state index in [1.807, 2.05) is 11.5 Å². The summed E-state index contributed by atoms with van der Waals surface area (Å²) in [5, 5.41) is 11.4. The Labute approximate surface area is 100 Å². The Morgan fingerprint density at radius 1 is 1.62 bits per heavy atom. The summed E-state index contributed by atoms with van der Waals surface area (Å²) in [6, 6.07) is 0.316. The number of carbonyl (C=O) groups is 1. The van der Waals surface area contributed by atoms with E-state index in [1.165, 1.54) is 11.8 Å². The third kappa shape index (κ3) is 3.84. The molecule has 0 aliphatic heterocycles. The van der Waals surface area contributed by atoms with Crippen LogP contribution in [0.15, 0.2) is 11.5 Å². The summed E-state index contributed by atoms with van der Waals surface area (Å²) in [7, 11) is 0. The van der Waals surface area contributed by atoms with Crippen LogP contribution in [0, 0.1) is 0 Å².